The number of anilines is 1. The highest BCUT2D eigenvalue weighted by Gasteiger charge is 2.17. The van der Waals surface area contributed by atoms with Gasteiger partial charge in [0.15, 0.2) is 5.82 Å². The Morgan fingerprint density at radius 1 is 1.36 bits per heavy atom. The second-order valence-electron chi connectivity index (χ2n) is 3.53. The molecule has 0 aliphatic carbocycles. The van der Waals surface area contributed by atoms with E-state index in [1.807, 2.05) is 6.07 Å². The molecule has 0 amide bonds. The molecule has 1 saturated heterocycles. The van der Waals surface area contributed by atoms with Crippen LogP contribution in [-0.4, -0.2) is 23.3 Å². The second-order valence-corrected chi connectivity index (χ2v) is 3.93. The maximum atomic E-state index is 5.89. The van der Waals surface area contributed by atoms with Crippen LogP contribution in [0.15, 0.2) is 6.07 Å². The van der Waals surface area contributed by atoms with E-state index in [1.54, 1.807) is 0 Å². The normalized spacial score (nSPS) is 18.4. The van der Waals surface area contributed by atoms with Gasteiger partial charge in [0.2, 0.25) is 0 Å². The lowest BCUT2D eigenvalue weighted by atomic mass is 9.94. The Morgan fingerprint density at radius 2 is 2.07 bits per heavy atom. The highest BCUT2D eigenvalue weighted by molar-refractivity contribution is 6.32. The van der Waals surface area contributed by atoms with Crippen LogP contribution in [0.5, 0.6) is 0 Å². The third kappa shape index (κ3) is 1.96. The molecule has 3 N–H and O–H groups in total. The van der Waals surface area contributed by atoms with Gasteiger partial charge in [-0.15, -0.1) is 5.10 Å². The molecule has 0 aromatic carbocycles. The molecule has 1 aliphatic rings. The van der Waals surface area contributed by atoms with Gasteiger partial charge in [0.05, 0.1) is 10.7 Å². The summed E-state index contributed by atoms with van der Waals surface area (Å²) >= 11 is 5.89. The molecule has 4 nitrogen and oxygen atoms in total. The van der Waals surface area contributed by atoms with Crippen LogP contribution in [0.25, 0.3) is 0 Å². The van der Waals surface area contributed by atoms with Crippen molar-refractivity contribution in [2.45, 2.75) is 18.8 Å². The molecule has 1 aliphatic heterocycles. The van der Waals surface area contributed by atoms with E-state index in [0.717, 1.165) is 31.6 Å². The van der Waals surface area contributed by atoms with E-state index in [1.165, 1.54) is 0 Å². The average molecular weight is 213 g/mol. The van der Waals surface area contributed by atoms with Crippen LogP contribution in [0.3, 0.4) is 0 Å². The van der Waals surface area contributed by atoms with Crippen molar-refractivity contribution in [2.24, 2.45) is 0 Å². The summed E-state index contributed by atoms with van der Waals surface area (Å²) in [5, 5.41) is 11.7. The first-order valence-electron chi connectivity index (χ1n) is 4.76. The molecule has 2 rings (SSSR count). The Bertz CT molecular complexity index is 323. The van der Waals surface area contributed by atoms with Crippen molar-refractivity contribution in [3.63, 3.8) is 0 Å². The molecule has 0 bridgehead atoms. The number of hydrogen-bond acceptors (Lipinski definition) is 4. The Labute approximate surface area is 87.9 Å². The van der Waals surface area contributed by atoms with Crippen molar-refractivity contribution < 1.29 is 0 Å². The summed E-state index contributed by atoms with van der Waals surface area (Å²) in [5.74, 6) is 0.784. The van der Waals surface area contributed by atoms with E-state index < -0.39 is 0 Å². The average Bonchev–Trinajstić information content (AvgIpc) is 2.23. The van der Waals surface area contributed by atoms with E-state index in [-0.39, 0.29) is 0 Å². The number of nitrogens with zero attached hydrogens (tertiary/aromatic N) is 2. The number of piperidine rings is 1. The van der Waals surface area contributed by atoms with Crippen molar-refractivity contribution in [1.29, 1.82) is 0 Å². The summed E-state index contributed by atoms with van der Waals surface area (Å²) in [7, 11) is 0. The summed E-state index contributed by atoms with van der Waals surface area (Å²) in [4.78, 5) is 0. The zero-order chi connectivity index (χ0) is 9.97. The molecular weight excluding hydrogens is 200 g/mol. The molecule has 0 saturated carbocycles. The van der Waals surface area contributed by atoms with Gasteiger partial charge in [-0.1, -0.05) is 11.6 Å². The summed E-state index contributed by atoms with van der Waals surface area (Å²) in [6, 6.07) is 1.83. The van der Waals surface area contributed by atoms with Gasteiger partial charge in [-0.2, -0.15) is 5.10 Å². The molecule has 1 aromatic rings. The predicted molar refractivity (Wildman–Crippen MR) is 56.3 cm³/mol. The summed E-state index contributed by atoms with van der Waals surface area (Å²) in [6.07, 6.45) is 2.18. The monoisotopic (exact) mass is 212 g/mol. The SMILES string of the molecule is Nc1nnc(C2CCNCC2)cc1Cl. The Kier molecular flexibility index (Phi) is 2.84. The Balaban J connectivity index is 2.18. The maximum absolute atomic E-state index is 5.89. The molecule has 0 unspecified atom stereocenters. The minimum atomic E-state index is 0.310. The van der Waals surface area contributed by atoms with Crippen LogP contribution in [0.2, 0.25) is 5.02 Å². The first-order valence-corrected chi connectivity index (χ1v) is 5.14. The molecule has 0 radical (unpaired) electrons. The summed E-state index contributed by atoms with van der Waals surface area (Å²) in [5.41, 5.74) is 6.46. The van der Waals surface area contributed by atoms with Gasteiger partial charge >= 0.3 is 0 Å². The van der Waals surface area contributed by atoms with E-state index in [9.17, 15) is 0 Å². The third-order valence-corrected chi connectivity index (χ3v) is 2.85. The predicted octanol–water partition coefficient (Wildman–Crippen LogP) is 1.18. The smallest absolute Gasteiger partial charge is 0.164 e. The zero-order valence-corrected chi connectivity index (χ0v) is 8.59. The molecule has 1 aromatic heterocycles. The quantitative estimate of drug-likeness (QED) is 0.734. The van der Waals surface area contributed by atoms with Crippen molar-refractivity contribution >= 4 is 17.4 Å². The fourth-order valence-electron chi connectivity index (χ4n) is 1.71. The first kappa shape index (κ1) is 9.68. The maximum Gasteiger partial charge on any atom is 0.164 e. The standard InChI is InChI=1S/C9H13ClN4/c10-7-5-8(13-14-9(7)11)6-1-3-12-4-2-6/h5-6,12H,1-4H2,(H2,11,14). The molecule has 2 heterocycles. The number of rotatable bonds is 1. The van der Waals surface area contributed by atoms with Crippen molar-refractivity contribution in [2.75, 3.05) is 18.8 Å². The lowest BCUT2D eigenvalue weighted by Crippen LogP contribution is -2.27. The topological polar surface area (TPSA) is 63.8 Å². The van der Waals surface area contributed by atoms with Gasteiger partial charge in [0.1, 0.15) is 0 Å². The highest BCUT2D eigenvalue weighted by atomic mass is 35.5. The van der Waals surface area contributed by atoms with E-state index >= 15 is 0 Å². The molecule has 76 valence electrons. The minimum Gasteiger partial charge on any atom is -0.381 e. The number of nitrogens with one attached hydrogen (secondary N) is 1. The fourth-order valence-corrected chi connectivity index (χ4v) is 1.86. The van der Waals surface area contributed by atoms with Gasteiger partial charge in [-0.3, -0.25) is 0 Å². The molecule has 14 heavy (non-hydrogen) atoms. The summed E-state index contributed by atoms with van der Waals surface area (Å²) in [6.45, 7) is 2.07. The van der Waals surface area contributed by atoms with Gasteiger partial charge in [-0.05, 0) is 32.0 Å². The third-order valence-electron chi connectivity index (χ3n) is 2.55. The number of nitrogen functional groups attached to an aromatic ring is 1. The highest BCUT2D eigenvalue weighted by Crippen LogP contribution is 2.26. The minimum absolute atomic E-state index is 0.310. The largest absolute Gasteiger partial charge is 0.381 e. The molecule has 5 heteroatoms. The van der Waals surface area contributed by atoms with Crippen LogP contribution in [0, 0.1) is 0 Å². The van der Waals surface area contributed by atoms with Crippen LogP contribution in [0.1, 0.15) is 24.5 Å². The van der Waals surface area contributed by atoms with Gasteiger partial charge < -0.3 is 11.1 Å². The van der Waals surface area contributed by atoms with Crippen molar-refractivity contribution in [3.05, 3.63) is 16.8 Å². The van der Waals surface area contributed by atoms with Gasteiger partial charge in [0.25, 0.3) is 0 Å². The Hall–Kier alpha value is -0.870. The fraction of sp³-hybridized carbons (Fsp3) is 0.556. The van der Waals surface area contributed by atoms with Crippen molar-refractivity contribution in [3.8, 4) is 0 Å². The second kappa shape index (κ2) is 4.11. The number of halogens is 1. The lowest BCUT2D eigenvalue weighted by Gasteiger charge is -2.21. The van der Waals surface area contributed by atoms with E-state index in [4.69, 9.17) is 17.3 Å². The van der Waals surface area contributed by atoms with E-state index in [2.05, 4.69) is 15.5 Å². The number of aromatic nitrogens is 2. The number of nitrogens with two attached hydrogens (primary N) is 1. The first-order chi connectivity index (χ1) is 6.77. The molecular formula is C9H13ClN4. The van der Waals surface area contributed by atoms with Gasteiger partial charge in [-0.25, -0.2) is 0 Å². The van der Waals surface area contributed by atoms with Crippen LogP contribution in [-0.2, 0) is 0 Å². The zero-order valence-electron chi connectivity index (χ0n) is 7.83. The summed E-state index contributed by atoms with van der Waals surface area (Å²) < 4.78 is 0. The van der Waals surface area contributed by atoms with Crippen LogP contribution >= 0.6 is 11.6 Å². The van der Waals surface area contributed by atoms with Gasteiger partial charge in [0, 0.05) is 5.92 Å². The molecule has 0 atom stereocenters. The number of hydrogen-bond donors (Lipinski definition) is 2. The van der Waals surface area contributed by atoms with Crippen LogP contribution < -0.4 is 11.1 Å². The van der Waals surface area contributed by atoms with Crippen LogP contribution in [0.4, 0.5) is 5.82 Å². The van der Waals surface area contributed by atoms with Crippen molar-refractivity contribution in [1.82, 2.24) is 15.5 Å². The lowest BCUT2D eigenvalue weighted by molar-refractivity contribution is 0.450. The van der Waals surface area contributed by atoms with E-state index in [0.29, 0.717) is 16.8 Å². The Morgan fingerprint density at radius 3 is 2.71 bits per heavy atom. The molecule has 1 fully saturated rings. The molecule has 0 spiro atoms.